The van der Waals surface area contributed by atoms with Gasteiger partial charge in [-0.15, -0.1) is 0 Å². The van der Waals surface area contributed by atoms with E-state index in [9.17, 15) is 19.2 Å². The smallest absolute Gasteiger partial charge is 0.267 e. The molecular weight excluding hydrogens is 889 g/mol. The minimum atomic E-state index is -0.772. The maximum atomic E-state index is 12.7. The van der Waals surface area contributed by atoms with Crippen LogP contribution in [0.15, 0.2) is 30.3 Å². The number of nitrogens with zero attached hydrogens (tertiary/aromatic N) is 2. The van der Waals surface area contributed by atoms with Crippen molar-refractivity contribution in [1.82, 2.24) is 0 Å². The van der Waals surface area contributed by atoms with E-state index in [-0.39, 0.29) is 98.9 Å². The van der Waals surface area contributed by atoms with E-state index in [4.69, 9.17) is 151 Å². The highest BCUT2D eigenvalue weighted by Crippen LogP contribution is 2.49. The molecule has 0 N–H and O–H groups in total. The summed E-state index contributed by atoms with van der Waals surface area (Å²) in [6.07, 6.45) is 0. The predicted molar refractivity (Wildman–Crippen MR) is 193 cm³/mol. The number of anilines is 2. The van der Waals surface area contributed by atoms with Crippen molar-refractivity contribution < 1.29 is 19.2 Å². The Hall–Kier alpha value is -1.07. The van der Waals surface area contributed by atoms with Crippen LogP contribution in [0.5, 0.6) is 0 Å². The van der Waals surface area contributed by atoms with Crippen LogP contribution in [0.3, 0.4) is 0 Å². The summed E-state index contributed by atoms with van der Waals surface area (Å²) in [7, 11) is 0. The van der Waals surface area contributed by atoms with E-state index in [0.29, 0.717) is 0 Å². The van der Waals surface area contributed by atoms with Gasteiger partial charge in [-0.05, 0) is 30.3 Å². The number of imide groups is 2. The van der Waals surface area contributed by atoms with Crippen molar-refractivity contribution in [3.8, 4) is 0 Å². The highest BCUT2D eigenvalue weighted by Gasteiger charge is 2.44. The Morgan fingerprint density at radius 3 is 0.936 bits per heavy atom. The molecule has 0 saturated heterocycles. The third-order valence-corrected chi connectivity index (χ3v) is 11.3. The molecule has 0 atom stereocenters. The maximum absolute atomic E-state index is 12.7. The van der Waals surface area contributed by atoms with E-state index >= 15 is 0 Å². The van der Waals surface area contributed by atoms with Gasteiger partial charge >= 0.3 is 0 Å². The topological polar surface area (TPSA) is 74.8 Å². The first-order chi connectivity index (χ1) is 21.9. The Morgan fingerprint density at radius 2 is 0.617 bits per heavy atom. The molecule has 0 bridgehead atoms. The van der Waals surface area contributed by atoms with Gasteiger partial charge in [0.05, 0.1) is 83.9 Å². The first kappa shape index (κ1) is 37.2. The van der Waals surface area contributed by atoms with Gasteiger partial charge in [0.2, 0.25) is 0 Å². The van der Waals surface area contributed by atoms with Gasteiger partial charge in [0, 0.05) is 15.1 Å². The lowest BCUT2D eigenvalue weighted by atomic mass is 10.1. The van der Waals surface area contributed by atoms with Crippen LogP contribution in [-0.4, -0.2) is 23.6 Å². The summed E-state index contributed by atoms with van der Waals surface area (Å²) in [6.45, 7) is 0. The Labute approximate surface area is 329 Å². The molecule has 0 saturated carbocycles. The number of fused-ring (bicyclic) bond motifs is 2. The fraction of sp³-hybridized carbons (Fsp3) is 0. The number of benzene rings is 4. The lowest BCUT2D eigenvalue weighted by molar-refractivity contribution is 0.0910. The number of amides is 4. The molecule has 6 nitrogen and oxygen atoms in total. The number of halogens is 13. The molecule has 0 spiro atoms. The standard InChI is InChI=1S/C14H2Cl7NO2.C14H3Cl6NO2/c15-3-1-4(16)12(5(17)2-3)22-13(23)6-7(14(22)24)9(19)11(21)10(20)8(6)18;15-4-1-5(16)3-6(2-4)21-13(22)7-8(14(21)23)10(18)12(20)11(19)9(7)17/h1-2H;1-3H. The van der Waals surface area contributed by atoms with Crippen molar-refractivity contribution in [2.75, 3.05) is 9.80 Å². The van der Waals surface area contributed by atoms with E-state index in [1.165, 1.54) is 30.3 Å². The van der Waals surface area contributed by atoms with Crippen LogP contribution < -0.4 is 9.80 Å². The van der Waals surface area contributed by atoms with Crippen LogP contribution in [-0.2, 0) is 0 Å². The van der Waals surface area contributed by atoms with Crippen LogP contribution in [0.1, 0.15) is 41.4 Å². The number of rotatable bonds is 2. The first-order valence-corrected chi connectivity index (χ1v) is 16.9. The average Bonchev–Trinajstić information content (AvgIpc) is 3.40. The zero-order chi connectivity index (χ0) is 35.0. The summed E-state index contributed by atoms with van der Waals surface area (Å²) in [5, 5.41) is -0.286. The van der Waals surface area contributed by atoms with Crippen LogP contribution in [0.2, 0.25) is 65.3 Å². The summed E-state index contributed by atoms with van der Waals surface area (Å²) in [5.41, 5.74) is -0.382. The highest BCUT2D eigenvalue weighted by molar-refractivity contribution is 6.58. The van der Waals surface area contributed by atoms with Gasteiger partial charge in [-0.2, -0.15) is 0 Å². The van der Waals surface area contributed by atoms with Gasteiger partial charge in [-0.25, -0.2) is 9.80 Å². The van der Waals surface area contributed by atoms with Crippen LogP contribution >= 0.6 is 151 Å². The monoisotopic (exact) mass is 888 g/mol. The highest BCUT2D eigenvalue weighted by atomic mass is 35.5. The van der Waals surface area contributed by atoms with E-state index < -0.39 is 23.6 Å². The minimum absolute atomic E-state index is 0.00597. The molecule has 0 aliphatic carbocycles. The number of carbonyl (C=O) groups is 4. The number of hydrogen-bond donors (Lipinski definition) is 0. The molecule has 6 rings (SSSR count). The van der Waals surface area contributed by atoms with Gasteiger partial charge in [-0.1, -0.05) is 151 Å². The fourth-order valence-electron chi connectivity index (χ4n) is 4.55. The summed E-state index contributed by atoms with van der Waals surface area (Å²) in [4.78, 5) is 52.4. The van der Waals surface area contributed by atoms with E-state index in [0.717, 1.165) is 9.80 Å². The third kappa shape index (κ3) is 6.27. The van der Waals surface area contributed by atoms with Crippen molar-refractivity contribution >= 4 is 186 Å². The first-order valence-electron chi connectivity index (χ1n) is 12.0. The Bertz CT molecular complexity index is 2000. The van der Waals surface area contributed by atoms with Crippen molar-refractivity contribution in [3.05, 3.63) is 118 Å². The molecule has 2 aliphatic rings. The average molecular weight is 894 g/mol. The van der Waals surface area contributed by atoms with Gasteiger partial charge in [0.25, 0.3) is 23.6 Å². The molecular formula is C28H5Cl13N2O4. The molecule has 4 amide bonds. The van der Waals surface area contributed by atoms with Crippen molar-refractivity contribution in [2.24, 2.45) is 0 Å². The largest absolute Gasteiger partial charge is 0.268 e. The van der Waals surface area contributed by atoms with Crippen molar-refractivity contribution in [2.45, 2.75) is 0 Å². The van der Waals surface area contributed by atoms with Gasteiger partial charge in [-0.3, -0.25) is 19.2 Å². The maximum Gasteiger partial charge on any atom is 0.267 e. The molecule has 0 unspecified atom stereocenters. The second-order valence-electron chi connectivity index (χ2n) is 9.25. The summed E-state index contributed by atoms with van der Waals surface area (Å²) in [6, 6.07) is 6.99. The van der Waals surface area contributed by atoms with Crippen LogP contribution in [0.4, 0.5) is 11.4 Å². The summed E-state index contributed by atoms with van der Waals surface area (Å²) < 4.78 is 0. The van der Waals surface area contributed by atoms with E-state index in [2.05, 4.69) is 0 Å². The Morgan fingerprint density at radius 1 is 0.340 bits per heavy atom. The second kappa shape index (κ2) is 13.9. The zero-order valence-electron chi connectivity index (χ0n) is 21.8. The molecule has 242 valence electrons. The molecule has 0 aromatic heterocycles. The number of carbonyl (C=O) groups excluding carboxylic acids is 4. The Kier molecular flexibility index (Phi) is 11.0. The second-order valence-corrected chi connectivity index (χ2v) is 14.4. The molecule has 47 heavy (non-hydrogen) atoms. The molecule has 4 aromatic carbocycles. The minimum Gasteiger partial charge on any atom is -0.268 e. The van der Waals surface area contributed by atoms with Gasteiger partial charge < -0.3 is 0 Å². The SMILES string of the molecule is O=C1c2c(Cl)c(Cl)c(Cl)c(Cl)c2C(=O)N1c1c(Cl)cc(Cl)cc1Cl.O=C1c2c(Cl)c(Cl)c(Cl)c(Cl)c2C(=O)N1c1cc(Cl)cc(Cl)c1. The normalized spacial score (nSPS) is 13.7. The summed E-state index contributed by atoms with van der Waals surface area (Å²) >= 11 is 78.0. The molecule has 19 heteroatoms. The Balaban J connectivity index is 0.000000185. The van der Waals surface area contributed by atoms with E-state index in [1.807, 2.05) is 0 Å². The molecule has 2 aliphatic heterocycles. The molecule has 2 heterocycles. The fourth-order valence-corrected chi connectivity index (χ4v) is 8.08. The van der Waals surface area contributed by atoms with Gasteiger partial charge in [0.1, 0.15) is 0 Å². The molecule has 0 fully saturated rings. The lowest BCUT2D eigenvalue weighted by Gasteiger charge is -2.17. The van der Waals surface area contributed by atoms with Crippen molar-refractivity contribution in [3.63, 3.8) is 0 Å². The van der Waals surface area contributed by atoms with Gasteiger partial charge in [0.15, 0.2) is 0 Å². The molecule has 4 aromatic rings. The summed E-state index contributed by atoms with van der Waals surface area (Å²) in [5.74, 6) is -2.92. The predicted octanol–water partition coefficient (Wildman–Crippen LogP) is 13.5. The third-order valence-electron chi connectivity index (χ3n) is 6.51. The van der Waals surface area contributed by atoms with Crippen LogP contribution in [0, 0.1) is 0 Å². The number of hydrogen-bond acceptors (Lipinski definition) is 4. The zero-order valence-corrected chi connectivity index (χ0v) is 31.7. The quantitative estimate of drug-likeness (QED) is 0.114. The van der Waals surface area contributed by atoms with Crippen molar-refractivity contribution in [1.29, 1.82) is 0 Å². The molecule has 0 radical (unpaired) electrons. The lowest BCUT2D eigenvalue weighted by Crippen LogP contribution is -2.30. The van der Waals surface area contributed by atoms with E-state index in [1.54, 1.807) is 0 Å². The van der Waals surface area contributed by atoms with Crippen LogP contribution in [0.25, 0.3) is 0 Å².